The van der Waals surface area contributed by atoms with Gasteiger partial charge in [0, 0.05) is 17.0 Å². The molecule has 1 aromatic heterocycles. The first-order valence-corrected chi connectivity index (χ1v) is 12.8. The third kappa shape index (κ3) is 6.04. The Balaban J connectivity index is 1.55. The number of nitrogens with zero attached hydrogens (tertiary/aromatic N) is 3. The number of benzene rings is 3. The number of hydrogen-bond donors (Lipinski definition) is 1. The van der Waals surface area contributed by atoms with Gasteiger partial charge in [0.15, 0.2) is 0 Å². The van der Waals surface area contributed by atoms with Crippen LogP contribution in [0.1, 0.15) is 11.1 Å². The Morgan fingerprint density at radius 1 is 1.11 bits per heavy atom. The number of anilines is 1. The Morgan fingerprint density at radius 2 is 1.81 bits per heavy atom. The van der Waals surface area contributed by atoms with E-state index < -0.39 is 28.3 Å². The number of ether oxygens (including phenoxy) is 1. The highest BCUT2D eigenvalue weighted by atomic mass is 35.5. The summed E-state index contributed by atoms with van der Waals surface area (Å²) in [4.78, 5) is 17.0. The first-order chi connectivity index (χ1) is 17.7. The second-order valence-corrected chi connectivity index (χ2v) is 10.2. The van der Waals surface area contributed by atoms with Gasteiger partial charge < -0.3 is 4.74 Å². The van der Waals surface area contributed by atoms with Gasteiger partial charge in [-0.3, -0.25) is 9.10 Å². The molecule has 0 unspecified atom stereocenters. The highest BCUT2D eigenvalue weighted by molar-refractivity contribution is 7.92. The molecule has 8 nitrogen and oxygen atoms in total. The molecule has 0 saturated heterocycles. The standard InChI is InChI=1S/C26H22ClFN4O4S/c1-17-3-11-23(12-4-17)37(34,35)32(21-8-6-20(28)7-9-21)16-25(33)31-29-15-19-13-18-5-10-22(36-2)14-24(18)30-26(19)27/h3-15H,16H2,1-2H3,(H,31,33). The Hall–Kier alpha value is -4.02. The van der Waals surface area contributed by atoms with Crippen LogP contribution in [-0.4, -0.2) is 39.2 Å². The molecule has 1 heterocycles. The molecule has 0 saturated carbocycles. The van der Waals surface area contributed by atoms with Gasteiger partial charge in [-0.25, -0.2) is 23.2 Å². The lowest BCUT2D eigenvalue weighted by Gasteiger charge is -2.23. The SMILES string of the molecule is COc1ccc2cc(C=NNC(=O)CN(c3ccc(F)cc3)S(=O)(=O)c3ccc(C)cc3)c(Cl)nc2c1. The molecule has 4 rings (SSSR count). The van der Waals surface area contributed by atoms with E-state index in [4.69, 9.17) is 16.3 Å². The zero-order chi connectivity index (χ0) is 26.6. The normalized spacial score (nSPS) is 11.6. The van der Waals surface area contributed by atoms with Crippen LogP contribution in [0.4, 0.5) is 10.1 Å². The second-order valence-electron chi connectivity index (χ2n) is 8.02. The second kappa shape index (κ2) is 10.9. The first kappa shape index (κ1) is 26.1. The number of hydrazone groups is 1. The van der Waals surface area contributed by atoms with E-state index in [0.717, 1.165) is 27.4 Å². The molecule has 1 amide bonds. The number of nitrogens with one attached hydrogen (secondary N) is 1. The number of carbonyl (C=O) groups is 1. The molecule has 0 fully saturated rings. The monoisotopic (exact) mass is 540 g/mol. The molecule has 0 bridgehead atoms. The summed E-state index contributed by atoms with van der Waals surface area (Å²) in [6.45, 7) is 1.23. The number of pyridine rings is 1. The summed E-state index contributed by atoms with van der Waals surface area (Å²) in [6, 6.07) is 18.1. The van der Waals surface area contributed by atoms with Crippen LogP contribution < -0.4 is 14.5 Å². The number of amides is 1. The van der Waals surface area contributed by atoms with Gasteiger partial charge in [0.25, 0.3) is 15.9 Å². The molecule has 1 N–H and O–H groups in total. The molecule has 37 heavy (non-hydrogen) atoms. The van der Waals surface area contributed by atoms with E-state index >= 15 is 0 Å². The number of rotatable bonds is 8. The topological polar surface area (TPSA) is 101 Å². The van der Waals surface area contributed by atoms with Gasteiger partial charge in [-0.2, -0.15) is 5.10 Å². The summed E-state index contributed by atoms with van der Waals surface area (Å²) in [5, 5.41) is 4.86. The maximum atomic E-state index is 13.5. The van der Waals surface area contributed by atoms with Crippen molar-refractivity contribution in [1.29, 1.82) is 0 Å². The molecular weight excluding hydrogens is 519 g/mol. The first-order valence-electron chi connectivity index (χ1n) is 11.0. The molecule has 4 aromatic rings. The summed E-state index contributed by atoms with van der Waals surface area (Å²) in [6.07, 6.45) is 1.31. The van der Waals surface area contributed by atoms with Crippen LogP contribution in [0.3, 0.4) is 0 Å². The van der Waals surface area contributed by atoms with Gasteiger partial charge in [0.2, 0.25) is 0 Å². The number of hydrogen-bond acceptors (Lipinski definition) is 6. The Kier molecular flexibility index (Phi) is 7.70. The van der Waals surface area contributed by atoms with Crippen molar-refractivity contribution in [3.63, 3.8) is 0 Å². The van der Waals surface area contributed by atoms with Crippen LogP contribution in [-0.2, 0) is 14.8 Å². The number of aryl methyl sites for hydroxylation is 1. The average Bonchev–Trinajstić information content (AvgIpc) is 2.88. The van der Waals surface area contributed by atoms with Crippen molar-refractivity contribution in [3.05, 3.63) is 94.9 Å². The summed E-state index contributed by atoms with van der Waals surface area (Å²) < 4.78 is 46.3. The fourth-order valence-corrected chi connectivity index (χ4v) is 5.07. The van der Waals surface area contributed by atoms with Gasteiger partial charge in [0.05, 0.1) is 29.4 Å². The number of fused-ring (bicyclic) bond motifs is 1. The predicted octanol–water partition coefficient (Wildman–Crippen LogP) is 4.69. The fraction of sp³-hybridized carbons (Fsp3) is 0.115. The number of carbonyl (C=O) groups excluding carboxylic acids is 1. The van der Waals surface area contributed by atoms with Gasteiger partial charge in [-0.05, 0) is 61.5 Å². The number of sulfonamides is 1. The lowest BCUT2D eigenvalue weighted by atomic mass is 10.1. The third-order valence-electron chi connectivity index (χ3n) is 5.41. The molecular formula is C26H22ClFN4O4S. The maximum Gasteiger partial charge on any atom is 0.264 e. The highest BCUT2D eigenvalue weighted by Gasteiger charge is 2.27. The van der Waals surface area contributed by atoms with E-state index in [1.165, 1.54) is 30.5 Å². The van der Waals surface area contributed by atoms with Crippen LogP contribution in [0.15, 0.2) is 82.8 Å². The number of aromatic nitrogens is 1. The molecule has 0 aliphatic heterocycles. The molecule has 0 spiro atoms. The minimum atomic E-state index is -4.14. The quantitative estimate of drug-likeness (QED) is 0.198. The van der Waals surface area contributed by atoms with Gasteiger partial charge >= 0.3 is 0 Å². The molecule has 0 radical (unpaired) electrons. The molecule has 0 atom stereocenters. The molecule has 3 aromatic carbocycles. The maximum absolute atomic E-state index is 13.5. The highest BCUT2D eigenvalue weighted by Crippen LogP contribution is 2.25. The van der Waals surface area contributed by atoms with Crippen LogP contribution in [0.5, 0.6) is 5.75 Å². The molecule has 0 aliphatic carbocycles. The number of halogens is 2. The minimum Gasteiger partial charge on any atom is -0.497 e. The minimum absolute atomic E-state index is 0.00984. The van der Waals surface area contributed by atoms with E-state index in [0.29, 0.717) is 16.8 Å². The zero-order valence-corrected chi connectivity index (χ0v) is 21.4. The van der Waals surface area contributed by atoms with Gasteiger partial charge in [-0.15, -0.1) is 0 Å². The van der Waals surface area contributed by atoms with Gasteiger partial charge in [-0.1, -0.05) is 29.3 Å². The molecule has 190 valence electrons. The summed E-state index contributed by atoms with van der Waals surface area (Å²) in [7, 11) is -2.58. The van der Waals surface area contributed by atoms with Crippen LogP contribution in [0.2, 0.25) is 5.15 Å². The smallest absolute Gasteiger partial charge is 0.264 e. The van der Waals surface area contributed by atoms with Crippen LogP contribution in [0.25, 0.3) is 10.9 Å². The van der Waals surface area contributed by atoms with Crippen molar-refractivity contribution in [3.8, 4) is 5.75 Å². The van der Waals surface area contributed by atoms with Crippen molar-refractivity contribution >= 4 is 50.3 Å². The van der Waals surface area contributed by atoms with Crippen molar-refractivity contribution in [2.45, 2.75) is 11.8 Å². The van der Waals surface area contributed by atoms with Crippen molar-refractivity contribution in [2.75, 3.05) is 18.0 Å². The average molecular weight is 541 g/mol. The van der Waals surface area contributed by atoms with Crippen molar-refractivity contribution in [1.82, 2.24) is 10.4 Å². The largest absolute Gasteiger partial charge is 0.497 e. The Morgan fingerprint density at radius 3 is 2.49 bits per heavy atom. The predicted molar refractivity (Wildman–Crippen MR) is 141 cm³/mol. The lowest BCUT2D eigenvalue weighted by molar-refractivity contribution is -0.119. The summed E-state index contributed by atoms with van der Waals surface area (Å²) in [5.74, 6) is -0.619. The fourth-order valence-electron chi connectivity index (χ4n) is 3.46. The van der Waals surface area contributed by atoms with E-state index in [1.807, 2.05) is 13.0 Å². The van der Waals surface area contributed by atoms with Gasteiger partial charge in [0.1, 0.15) is 23.3 Å². The van der Waals surface area contributed by atoms with Crippen LogP contribution in [0, 0.1) is 12.7 Å². The van der Waals surface area contributed by atoms with Crippen LogP contribution >= 0.6 is 11.6 Å². The summed E-state index contributed by atoms with van der Waals surface area (Å²) >= 11 is 6.26. The lowest BCUT2D eigenvalue weighted by Crippen LogP contribution is -2.39. The van der Waals surface area contributed by atoms with E-state index in [1.54, 1.807) is 37.4 Å². The third-order valence-corrected chi connectivity index (χ3v) is 7.50. The summed E-state index contributed by atoms with van der Waals surface area (Å²) in [5.41, 5.74) is 4.38. The van der Waals surface area contributed by atoms with Crippen molar-refractivity contribution in [2.24, 2.45) is 5.10 Å². The Labute approximate surface area is 218 Å². The number of methoxy groups -OCH3 is 1. The van der Waals surface area contributed by atoms with E-state index in [2.05, 4.69) is 15.5 Å². The van der Waals surface area contributed by atoms with E-state index in [9.17, 15) is 17.6 Å². The zero-order valence-electron chi connectivity index (χ0n) is 19.9. The Bertz CT molecular complexity index is 1580. The van der Waals surface area contributed by atoms with Crippen molar-refractivity contribution < 1.29 is 22.3 Å². The molecule has 11 heteroatoms. The molecule has 0 aliphatic rings. The van der Waals surface area contributed by atoms with E-state index in [-0.39, 0.29) is 15.7 Å².